The monoisotopic (exact) mass is 413 g/mol. The number of halogens is 1. The number of ether oxygens (including phenoxy) is 1. The lowest BCUT2D eigenvalue weighted by molar-refractivity contribution is 0.0950. The molecular formula is C20H20BrN3O2. The van der Waals surface area contributed by atoms with E-state index in [0.717, 1.165) is 27.2 Å². The summed E-state index contributed by atoms with van der Waals surface area (Å²) >= 11 is 3.46. The SMILES string of the molecule is Cc1cc(CNC(=O)c2cccc(COc3ccccc3Br)c2)n(C)n1. The summed E-state index contributed by atoms with van der Waals surface area (Å²) in [5, 5.41) is 7.21. The normalized spacial score (nSPS) is 10.6. The second-order valence-electron chi connectivity index (χ2n) is 6.00. The van der Waals surface area contributed by atoms with E-state index in [1.807, 2.05) is 62.5 Å². The Bertz CT molecular complexity index is 921. The first-order valence-electron chi connectivity index (χ1n) is 8.27. The van der Waals surface area contributed by atoms with Gasteiger partial charge in [-0.1, -0.05) is 24.3 Å². The fourth-order valence-corrected chi connectivity index (χ4v) is 3.03. The van der Waals surface area contributed by atoms with Crippen LogP contribution in [0, 0.1) is 6.92 Å². The van der Waals surface area contributed by atoms with E-state index in [2.05, 4.69) is 26.3 Å². The maximum atomic E-state index is 12.4. The first kappa shape index (κ1) is 18.2. The van der Waals surface area contributed by atoms with Gasteiger partial charge in [0.1, 0.15) is 12.4 Å². The van der Waals surface area contributed by atoms with Gasteiger partial charge in [-0.25, -0.2) is 0 Å². The van der Waals surface area contributed by atoms with Gasteiger partial charge in [0.25, 0.3) is 5.91 Å². The van der Waals surface area contributed by atoms with Crippen LogP contribution in [0.3, 0.4) is 0 Å². The minimum absolute atomic E-state index is 0.119. The molecule has 3 aromatic rings. The van der Waals surface area contributed by atoms with E-state index in [-0.39, 0.29) is 5.91 Å². The van der Waals surface area contributed by atoms with Gasteiger partial charge in [-0.15, -0.1) is 0 Å². The molecule has 0 atom stereocenters. The lowest BCUT2D eigenvalue weighted by atomic mass is 10.1. The van der Waals surface area contributed by atoms with Crippen LogP contribution in [-0.4, -0.2) is 15.7 Å². The Morgan fingerprint density at radius 3 is 2.73 bits per heavy atom. The summed E-state index contributed by atoms with van der Waals surface area (Å²) in [7, 11) is 1.87. The van der Waals surface area contributed by atoms with E-state index < -0.39 is 0 Å². The van der Waals surface area contributed by atoms with Crippen molar-refractivity contribution in [3.05, 3.63) is 81.6 Å². The molecule has 0 unspecified atom stereocenters. The Kier molecular flexibility index (Phi) is 5.73. The number of benzene rings is 2. The van der Waals surface area contributed by atoms with E-state index >= 15 is 0 Å². The van der Waals surface area contributed by atoms with Gasteiger partial charge in [-0.2, -0.15) is 5.10 Å². The minimum atomic E-state index is -0.119. The highest BCUT2D eigenvalue weighted by atomic mass is 79.9. The number of aryl methyl sites for hydroxylation is 2. The average Bonchev–Trinajstić information content (AvgIpc) is 2.96. The Hall–Kier alpha value is -2.60. The van der Waals surface area contributed by atoms with Crippen LogP contribution in [0.25, 0.3) is 0 Å². The van der Waals surface area contributed by atoms with Gasteiger partial charge in [0.05, 0.1) is 22.4 Å². The van der Waals surface area contributed by atoms with Crippen molar-refractivity contribution in [1.29, 1.82) is 0 Å². The summed E-state index contributed by atoms with van der Waals surface area (Å²) in [6.45, 7) is 2.76. The number of rotatable bonds is 6. The predicted octanol–water partition coefficient (Wildman–Crippen LogP) is 4.00. The molecular weight excluding hydrogens is 394 g/mol. The highest BCUT2D eigenvalue weighted by Crippen LogP contribution is 2.24. The fourth-order valence-electron chi connectivity index (χ4n) is 2.63. The Morgan fingerprint density at radius 2 is 2.00 bits per heavy atom. The van der Waals surface area contributed by atoms with Crippen LogP contribution in [0.5, 0.6) is 5.75 Å². The zero-order chi connectivity index (χ0) is 18.5. The second-order valence-corrected chi connectivity index (χ2v) is 6.86. The maximum absolute atomic E-state index is 12.4. The van der Waals surface area contributed by atoms with Gasteiger partial charge >= 0.3 is 0 Å². The first-order valence-corrected chi connectivity index (χ1v) is 9.06. The summed E-state index contributed by atoms with van der Waals surface area (Å²) in [4.78, 5) is 12.4. The van der Waals surface area contributed by atoms with Gasteiger partial charge in [0, 0.05) is 12.6 Å². The van der Waals surface area contributed by atoms with Crippen molar-refractivity contribution in [2.45, 2.75) is 20.1 Å². The van der Waals surface area contributed by atoms with Crippen LogP contribution in [-0.2, 0) is 20.2 Å². The van der Waals surface area contributed by atoms with E-state index in [9.17, 15) is 4.79 Å². The van der Waals surface area contributed by atoms with E-state index in [4.69, 9.17) is 4.74 Å². The lowest BCUT2D eigenvalue weighted by Gasteiger charge is -2.10. The Balaban J connectivity index is 1.62. The number of aromatic nitrogens is 2. The zero-order valence-corrected chi connectivity index (χ0v) is 16.3. The van der Waals surface area contributed by atoms with Crippen LogP contribution in [0.15, 0.2) is 59.1 Å². The van der Waals surface area contributed by atoms with Gasteiger partial charge in [-0.05, 0) is 58.7 Å². The van der Waals surface area contributed by atoms with Crippen LogP contribution in [0.1, 0.15) is 27.3 Å². The molecule has 0 aliphatic heterocycles. The average molecular weight is 414 g/mol. The van der Waals surface area contributed by atoms with Crippen molar-refractivity contribution in [2.24, 2.45) is 7.05 Å². The second kappa shape index (κ2) is 8.19. The third-order valence-electron chi connectivity index (χ3n) is 3.95. The number of hydrogen-bond acceptors (Lipinski definition) is 3. The number of para-hydroxylation sites is 1. The summed E-state index contributed by atoms with van der Waals surface area (Å²) in [5.74, 6) is 0.653. The third kappa shape index (κ3) is 4.52. The van der Waals surface area contributed by atoms with Crippen molar-refractivity contribution in [2.75, 3.05) is 0 Å². The van der Waals surface area contributed by atoms with Crippen molar-refractivity contribution in [1.82, 2.24) is 15.1 Å². The Morgan fingerprint density at radius 1 is 1.19 bits per heavy atom. The van der Waals surface area contributed by atoms with E-state index in [1.54, 1.807) is 10.7 Å². The van der Waals surface area contributed by atoms with Crippen molar-refractivity contribution < 1.29 is 9.53 Å². The molecule has 2 aromatic carbocycles. The molecule has 0 bridgehead atoms. The predicted molar refractivity (Wildman–Crippen MR) is 104 cm³/mol. The number of nitrogens with one attached hydrogen (secondary N) is 1. The molecule has 5 nitrogen and oxygen atoms in total. The van der Waals surface area contributed by atoms with Crippen LogP contribution in [0.2, 0.25) is 0 Å². The van der Waals surface area contributed by atoms with Gasteiger partial charge in [0.15, 0.2) is 0 Å². The molecule has 0 saturated heterocycles. The molecule has 0 saturated carbocycles. The minimum Gasteiger partial charge on any atom is -0.488 e. The fraction of sp³-hybridized carbons (Fsp3) is 0.200. The maximum Gasteiger partial charge on any atom is 0.251 e. The topological polar surface area (TPSA) is 56.1 Å². The molecule has 1 N–H and O–H groups in total. The molecule has 0 fully saturated rings. The van der Waals surface area contributed by atoms with Crippen molar-refractivity contribution in [3.8, 4) is 5.75 Å². The largest absolute Gasteiger partial charge is 0.488 e. The molecule has 1 aromatic heterocycles. The number of nitrogens with zero attached hydrogens (tertiary/aromatic N) is 2. The van der Waals surface area contributed by atoms with Crippen LogP contribution < -0.4 is 10.1 Å². The van der Waals surface area contributed by atoms with Crippen LogP contribution in [0.4, 0.5) is 0 Å². The third-order valence-corrected chi connectivity index (χ3v) is 4.60. The highest BCUT2D eigenvalue weighted by molar-refractivity contribution is 9.10. The van der Waals surface area contributed by atoms with Crippen LogP contribution >= 0.6 is 15.9 Å². The van der Waals surface area contributed by atoms with Crippen molar-refractivity contribution >= 4 is 21.8 Å². The first-order chi connectivity index (χ1) is 12.5. The number of carbonyl (C=O) groups is 1. The molecule has 0 radical (unpaired) electrons. The number of hydrogen-bond donors (Lipinski definition) is 1. The molecule has 0 spiro atoms. The molecule has 6 heteroatoms. The lowest BCUT2D eigenvalue weighted by Crippen LogP contribution is -2.24. The summed E-state index contributed by atoms with van der Waals surface area (Å²) < 4.78 is 8.49. The molecule has 0 aliphatic rings. The molecule has 3 rings (SSSR count). The van der Waals surface area contributed by atoms with E-state index in [0.29, 0.717) is 18.7 Å². The quantitative estimate of drug-likeness (QED) is 0.664. The van der Waals surface area contributed by atoms with Gasteiger partial charge in [-0.3, -0.25) is 9.48 Å². The summed E-state index contributed by atoms with van der Waals surface area (Å²) in [5.41, 5.74) is 3.44. The molecule has 1 heterocycles. The van der Waals surface area contributed by atoms with E-state index in [1.165, 1.54) is 0 Å². The number of amides is 1. The van der Waals surface area contributed by atoms with Gasteiger partial charge in [0.2, 0.25) is 0 Å². The molecule has 1 amide bonds. The summed E-state index contributed by atoms with van der Waals surface area (Å²) in [6.07, 6.45) is 0. The molecule has 26 heavy (non-hydrogen) atoms. The van der Waals surface area contributed by atoms with Gasteiger partial charge < -0.3 is 10.1 Å². The molecule has 0 aliphatic carbocycles. The Labute approximate surface area is 161 Å². The summed E-state index contributed by atoms with van der Waals surface area (Å²) in [6, 6.07) is 17.1. The standard InChI is InChI=1S/C20H20BrN3O2/c1-14-10-17(24(2)23-14)12-22-20(25)16-7-5-6-15(11-16)13-26-19-9-4-3-8-18(19)21/h3-11H,12-13H2,1-2H3,(H,22,25). The van der Waals surface area contributed by atoms with Crippen molar-refractivity contribution in [3.63, 3.8) is 0 Å². The molecule has 134 valence electrons. The smallest absolute Gasteiger partial charge is 0.251 e. The zero-order valence-electron chi connectivity index (χ0n) is 14.7. The highest BCUT2D eigenvalue weighted by Gasteiger charge is 2.09. The number of carbonyl (C=O) groups excluding carboxylic acids is 1.